The first kappa shape index (κ1) is 32.9. The van der Waals surface area contributed by atoms with Crippen LogP contribution in [-0.4, -0.2) is 36.8 Å². The second-order valence-electron chi connectivity index (χ2n) is 6.22. The standard InChI is InChI=1S/C17H37N3O2.3ClH/c18-12-8-6-4-2-1-3-5-7-9-13-20-14-10-11-16(19)15-17(21)22;;;/h16,20H,1-15,18-19H2,(H,21,22);3*1H. The number of carboxylic acid groups (broad SMARTS) is 1. The number of unbranched alkanes of at least 4 members (excludes halogenated alkanes) is 8. The predicted octanol–water partition coefficient (Wildman–Crippen LogP) is 3.89. The highest BCUT2D eigenvalue weighted by Crippen LogP contribution is 2.09. The van der Waals surface area contributed by atoms with Crippen molar-refractivity contribution in [2.75, 3.05) is 19.6 Å². The van der Waals surface area contributed by atoms with Crippen LogP contribution in [0.15, 0.2) is 0 Å². The Hall–Kier alpha value is 0.220. The summed E-state index contributed by atoms with van der Waals surface area (Å²) in [6.45, 7) is 2.83. The van der Waals surface area contributed by atoms with Gasteiger partial charge in [-0.1, -0.05) is 44.9 Å². The zero-order valence-corrected chi connectivity index (χ0v) is 17.9. The van der Waals surface area contributed by atoms with E-state index in [1.807, 2.05) is 0 Å². The van der Waals surface area contributed by atoms with Crippen LogP contribution in [-0.2, 0) is 4.79 Å². The molecule has 0 aromatic rings. The largest absolute Gasteiger partial charge is 0.481 e. The van der Waals surface area contributed by atoms with Gasteiger partial charge in [0.2, 0.25) is 0 Å². The number of nitrogens with one attached hydrogen (secondary N) is 1. The Bertz CT molecular complexity index is 263. The average Bonchev–Trinajstić information content (AvgIpc) is 2.47. The molecule has 0 aromatic heterocycles. The second kappa shape index (κ2) is 26.4. The van der Waals surface area contributed by atoms with E-state index in [-0.39, 0.29) is 49.7 Å². The van der Waals surface area contributed by atoms with Gasteiger partial charge in [0, 0.05) is 6.04 Å². The zero-order chi connectivity index (χ0) is 16.5. The molecule has 6 N–H and O–H groups in total. The summed E-state index contributed by atoms with van der Waals surface area (Å²) in [6, 6.07) is -0.204. The Labute approximate surface area is 172 Å². The molecule has 0 aromatic carbocycles. The zero-order valence-electron chi connectivity index (χ0n) is 15.4. The highest BCUT2D eigenvalue weighted by atomic mass is 35.5. The van der Waals surface area contributed by atoms with Crippen molar-refractivity contribution < 1.29 is 9.90 Å². The molecular formula is C17H40Cl3N3O2. The first-order valence-electron chi connectivity index (χ1n) is 9.05. The molecule has 0 bridgehead atoms. The Morgan fingerprint density at radius 1 is 0.800 bits per heavy atom. The van der Waals surface area contributed by atoms with E-state index in [1.54, 1.807) is 0 Å². The van der Waals surface area contributed by atoms with Crippen LogP contribution in [0, 0.1) is 0 Å². The molecule has 0 aliphatic rings. The van der Waals surface area contributed by atoms with Gasteiger partial charge in [0.1, 0.15) is 0 Å². The lowest BCUT2D eigenvalue weighted by molar-refractivity contribution is -0.137. The molecular weight excluding hydrogens is 385 g/mol. The van der Waals surface area contributed by atoms with Gasteiger partial charge in [0.05, 0.1) is 6.42 Å². The van der Waals surface area contributed by atoms with Crippen molar-refractivity contribution in [3.8, 4) is 0 Å². The van der Waals surface area contributed by atoms with Crippen LogP contribution in [0.2, 0.25) is 0 Å². The molecule has 156 valence electrons. The molecule has 1 atom stereocenters. The third kappa shape index (κ3) is 29.2. The molecule has 0 fully saturated rings. The van der Waals surface area contributed by atoms with E-state index in [1.165, 1.54) is 57.8 Å². The van der Waals surface area contributed by atoms with Crippen molar-refractivity contribution in [3.05, 3.63) is 0 Å². The van der Waals surface area contributed by atoms with Crippen molar-refractivity contribution >= 4 is 43.2 Å². The summed E-state index contributed by atoms with van der Waals surface area (Å²) < 4.78 is 0. The van der Waals surface area contributed by atoms with Crippen LogP contribution in [0.1, 0.15) is 77.0 Å². The fourth-order valence-electron chi connectivity index (χ4n) is 2.57. The smallest absolute Gasteiger partial charge is 0.304 e. The fraction of sp³-hybridized carbons (Fsp3) is 0.941. The van der Waals surface area contributed by atoms with Crippen molar-refractivity contribution in [2.24, 2.45) is 11.5 Å². The van der Waals surface area contributed by atoms with Gasteiger partial charge in [-0.2, -0.15) is 0 Å². The number of nitrogens with two attached hydrogens (primary N) is 2. The number of hydrogen-bond acceptors (Lipinski definition) is 4. The lowest BCUT2D eigenvalue weighted by Crippen LogP contribution is -2.25. The van der Waals surface area contributed by atoms with Crippen molar-refractivity contribution in [1.82, 2.24) is 5.32 Å². The van der Waals surface area contributed by atoms with E-state index in [9.17, 15) is 4.79 Å². The van der Waals surface area contributed by atoms with E-state index in [2.05, 4.69) is 5.32 Å². The monoisotopic (exact) mass is 423 g/mol. The maximum Gasteiger partial charge on any atom is 0.304 e. The minimum atomic E-state index is -0.806. The Morgan fingerprint density at radius 3 is 1.72 bits per heavy atom. The molecule has 0 aliphatic heterocycles. The minimum Gasteiger partial charge on any atom is -0.481 e. The molecule has 0 spiro atoms. The molecule has 25 heavy (non-hydrogen) atoms. The fourth-order valence-corrected chi connectivity index (χ4v) is 2.57. The average molecular weight is 425 g/mol. The summed E-state index contributed by atoms with van der Waals surface area (Å²) in [6.07, 6.45) is 13.5. The third-order valence-electron chi connectivity index (χ3n) is 3.92. The minimum absolute atomic E-state index is 0. The first-order chi connectivity index (χ1) is 10.7. The molecule has 0 radical (unpaired) electrons. The number of carboxylic acids is 1. The number of rotatable bonds is 17. The summed E-state index contributed by atoms with van der Waals surface area (Å²) in [5, 5.41) is 12.0. The van der Waals surface area contributed by atoms with Crippen molar-refractivity contribution in [2.45, 2.75) is 83.1 Å². The summed E-state index contributed by atoms with van der Waals surface area (Å²) in [4.78, 5) is 10.5. The quantitative estimate of drug-likeness (QED) is 0.265. The molecule has 1 unspecified atom stereocenters. The maximum absolute atomic E-state index is 10.5. The lowest BCUT2D eigenvalue weighted by Gasteiger charge is -2.09. The van der Waals surface area contributed by atoms with E-state index < -0.39 is 5.97 Å². The summed E-state index contributed by atoms with van der Waals surface area (Å²) in [5.74, 6) is -0.806. The highest BCUT2D eigenvalue weighted by molar-refractivity contribution is 5.86. The van der Waals surface area contributed by atoms with Crippen LogP contribution in [0.4, 0.5) is 0 Å². The molecule has 5 nitrogen and oxygen atoms in total. The molecule has 0 heterocycles. The first-order valence-corrected chi connectivity index (χ1v) is 9.05. The van der Waals surface area contributed by atoms with Gasteiger partial charge < -0.3 is 21.9 Å². The second-order valence-corrected chi connectivity index (χ2v) is 6.22. The molecule has 0 amide bonds. The van der Waals surface area contributed by atoms with Crippen LogP contribution >= 0.6 is 37.2 Å². The van der Waals surface area contributed by atoms with Gasteiger partial charge in [-0.15, -0.1) is 37.2 Å². The van der Waals surface area contributed by atoms with Gasteiger partial charge in [0.25, 0.3) is 0 Å². The lowest BCUT2D eigenvalue weighted by atomic mass is 10.1. The molecule has 8 heteroatoms. The van der Waals surface area contributed by atoms with Crippen molar-refractivity contribution in [3.63, 3.8) is 0 Å². The molecule has 0 saturated carbocycles. The van der Waals surface area contributed by atoms with E-state index in [0.717, 1.165) is 32.5 Å². The van der Waals surface area contributed by atoms with Gasteiger partial charge in [-0.25, -0.2) is 0 Å². The number of halogens is 3. The normalized spacial score (nSPS) is 11.0. The topological polar surface area (TPSA) is 101 Å². The van der Waals surface area contributed by atoms with Gasteiger partial charge in [0.15, 0.2) is 0 Å². The van der Waals surface area contributed by atoms with Gasteiger partial charge in [-0.05, 0) is 45.3 Å². The number of hydrogen-bond donors (Lipinski definition) is 4. The molecule has 0 aliphatic carbocycles. The van der Waals surface area contributed by atoms with E-state index >= 15 is 0 Å². The number of carbonyl (C=O) groups is 1. The molecule has 0 rings (SSSR count). The van der Waals surface area contributed by atoms with E-state index in [4.69, 9.17) is 16.6 Å². The highest BCUT2D eigenvalue weighted by Gasteiger charge is 2.06. The van der Waals surface area contributed by atoms with Crippen LogP contribution < -0.4 is 16.8 Å². The van der Waals surface area contributed by atoms with E-state index in [0.29, 0.717) is 0 Å². The van der Waals surface area contributed by atoms with Crippen LogP contribution in [0.5, 0.6) is 0 Å². The Morgan fingerprint density at radius 2 is 1.24 bits per heavy atom. The Balaban J connectivity index is -0.000000735. The maximum atomic E-state index is 10.5. The summed E-state index contributed by atoms with van der Waals surface area (Å²) >= 11 is 0. The van der Waals surface area contributed by atoms with Crippen LogP contribution in [0.25, 0.3) is 0 Å². The van der Waals surface area contributed by atoms with Crippen LogP contribution in [0.3, 0.4) is 0 Å². The number of aliphatic carboxylic acids is 1. The van der Waals surface area contributed by atoms with Crippen molar-refractivity contribution in [1.29, 1.82) is 0 Å². The summed E-state index contributed by atoms with van der Waals surface area (Å²) in [7, 11) is 0. The Kier molecular flexibility index (Phi) is 34.8. The SMILES string of the molecule is Cl.Cl.Cl.NCCCCCCCCCCCNCCCC(N)CC(=O)O. The summed E-state index contributed by atoms with van der Waals surface area (Å²) in [5.41, 5.74) is 11.2. The van der Waals surface area contributed by atoms with Gasteiger partial charge in [-0.3, -0.25) is 4.79 Å². The molecule has 0 saturated heterocycles. The predicted molar refractivity (Wildman–Crippen MR) is 115 cm³/mol. The third-order valence-corrected chi connectivity index (χ3v) is 3.92. The van der Waals surface area contributed by atoms with Gasteiger partial charge >= 0.3 is 5.97 Å².